The second kappa shape index (κ2) is 6.39. The molecule has 0 fully saturated rings. The first-order chi connectivity index (χ1) is 11.3. The highest BCUT2D eigenvalue weighted by molar-refractivity contribution is 7.87. The van der Waals surface area contributed by atoms with Gasteiger partial charge >= 0.3 is 21.7 Å². The third-order valence-corrected chi connectivity index (χ3v) is 4.19. The number of carbonyl (C=O) groups is 1. The van der Waals surface area contributed by atoms with E-state index in [9.17, 15) is 26.4 Å². The summed E-state index contributed by atoms with van der Waals surface area (Å²) in [6.07, 6.45) is 0.00233. The molecule has 8 nitrogen and oxygen atoms in total. The molecule has 1 amide bonds. The largest absolute Gasteiger partial charge is 0.534 e. The summed E-state index contributed by atoms with van der Waals surface area (Å²) in [5.41, 5.74) is -5.75. The zero-order valence-corrected chi connectivity index (χ0v) is 14.6. The average molecular weight is 385 g/mol. The topological polar surface area (TPSA) is 102 Å². The molecule has 0 aromatic carbocycles. The molecule has 0 atom stereocenters. The molecule has 0 radical (unpaired) electrons. The lowest BCUT2D eigenvalue weighted by Gasteiger charge is -2.26. The van der Waals surface area contributed by atoms with E-state index in [0.717, 1.165) is 0 Å². The van der Waals surface area contributed by atoms with E-state index < -0.39 is 33.2 Å². The molecule has 0 unspecified atom stereocenters. The SMILES string of the molecule is CC(C)(C)OC(=O)N1CCCc2c(OS(=O)(=O)C(F)(F)F)n[nH]c2C1. The number of halogens is 3. The van der Waals surface area contributed by atoms with Crippen LogP contribution in [0.4, 0.5) is 18.0 Å². The number of hydrogen-bond acceptors (Lipinski definition) is 6. The van der Waals surface area contributed by atoms with Gasteiger partial charge in [-0.15, -0.1) is 5.10 Å². The van der Waals surface area contributed by atoms with Crippen LogP contribution in [0.5, 0.6) is 5.88 Å². The van der Waals surface area contributed by atoms with Crippen molar-refractivity contribution in [2.45, 2.75) is 51.3 Å². The fourth-order valence-electron chi connectivity index (χ4n) is 2.19. The molecule has 142 valence electrons. The fraction of sp³-hybridized carbons (Fsp3) is 0.692. The van der Waals surface area contributed by atoms with Gasteiger partial charge in [0, 0.05) is 12.1 Å². The van der Waals surface area contributed by atoms with Gasteiger partial charge in [-0.25, -0.2) is 4.79 Å². The first kappa shape index (κ1) is 19.3. The van der Waals surface area contributed by atoms with E-state index in [1.165, 1.54) is 4.90 Å². The zero-order chi connectivity index (χ0) is 19.0. The summed E-state index contributed by atoms with van der Waals surface area (Å²) in [6.45, 7) is 5.41. The molecule has 1 aliphatic rings. The highest BCUT2D eigenvalue weighted by atomic mass is 32.2. The Bertz CT molecular complexity index is 752. The number of nitrogens with zero attached hydrogens (tertiary/aromatic N) is 2. The summed E-state index contributed by atoms with van der Waals surface area (Å²) in [5, 5.41) is 5.93. The summed E-state index contributed by atoms with van der Waals surface area (Å²) >= 11 is 0. The molecule has 12 heteroatoms. The Morgan fingerprint density at radius 2 is 1.92 bits per heavy atom. The van der Waals surface area contributed by atoms with E-state index in [-0.39, 0.29) is 18.5 Å². The van der Waals surface area contributed by atoms with Crippen molar-refractivity contribution in [1.29, 1.82) is 0 Å². The van der Waals surface area contributed by atoms with E-state index in [0.29, 0.717) is 18.7 Å². The van der Waals surface area contributed by atoms with E-state index in [4.69, 9.17) is 4.74 Å². The van der Waals surface area contributed by atoms with Crippen molar-refractivity contribution in [1.82, 2.24) is 15.1 Å². The molecular weight excluding hydrogens is 367 g/mol. The summed E-state index contributed by atoms with van der Waals surface area (Å²) in [7, 11) is -5.81. The van der Waals surface area contributed by atoms with E-state index >= 15 is 0 Å². The number of hydrogen-bond donors (Lipinski definition) is 1. The van der Waals surface area contributed by atoms with Crippen LogP contribution in [0.25, 0.3) is 0 Å². The highest BCUT2D eigenvalue weighted by Gasteiger charge is 2.49. The molecular formula is C13H18F3N3O5S. The maximum absolute atomic E-state index is 12.4. The van der Waals surface area contributed by atoms with E-state index in [2.05, 4.69) is 14.4 Å². The van der Waals surface area contributed by atoms with Crippen LogP contribution in [-0.4, -0.2) is 47.3 Å². The van der Waals surface area contributed by atoms with Gasteiger partial charge in [-0.1, -0.05) is 0 Å². The van der Waals surface area contributed by atoms with Gasteiger partial charge in [-0.2, -0.15) is 21.6 Å². The number of alkyl halides is 3. The lowest BCUT2D eigenvalue weighted by Crippen LogP contribution is -2.36. The number of ether oxygens (including phenoxy) is 1. The van der Waals surface area contributed by atoms with Crippen molar-refractivity contribution in [2.75, 3.05) is 6.54 Å². The van der Waals surface area contributed by atoms with Crippen molar-refractivity contribution < 1.29 is 35.3 Å². The molecule has 0 aliphatic carbocycles. The van der Waals surface area contributed by atoms with Crippen molar-refractivity contribution in [2.24, 2.45) is 0 Å². The Morgan fingerprint density at radius 3 is 2.48 bits per heavy atom. The van der Waals surface area contributed by atoms with E-state index in [1.807, 2.05) is 0 Å². The molecule has 0 saturated carbocycles. The van der Waals surface area contributed by atoms with Gasteiger partial charge in [0.2, 0.25) is 0 Å². The Labute approximate surface area is 142 Å². The Morgan fingerprint density at radius 1 is 1.28 bits per heavy atom. The third-order valence-electron chi connectivity index (χ3n) is 3.24. The normalized spacial score (nSPS) is 16.2. The van der Waals surface area contributed by atoms with Gasteiger partial charge in [0.15, 0.2) is 0 Å². The predicted molar refractivity (Wildman–Crippen MR) is 79.2 cm³/mol. The Kier molecular flexibility index (Phi) is 4.94. The monoisotopic (exact) mass is 385 g/mol. The average Bonchev–Trinajstić information content (AvgIpc) is 2.66. The third kappa shape index (κ3) is 4.55. The number of amides is 1. The number of H-pyrrole nitrogens is 1. The summed E-state index contributed by atoms with van der Waals surface area (Å²) in [5.74, 6) is -0.654. The van der Waals surface area contributed by atoms with Gasteiger partial charge in [0.1, 0.15) is 5.60 Å². The van der Waals surface area contributed by atoms with Crippen LogP contribution >= 0.6 is 0 Å². The Balaban J connectivity index is 2.20. The first-order valence-corrected chi connectivity index (χ1v) is 8.76. The van der Waals surface area contributed by atoms with Crippen LogP contribution in [0, 0.1) is 0 Å². The van der Waals surface area contributed by atoms with Crippen LogP contribution in [0.3, 0.4) is 0 Å². The van der Waals surface area contributed by atoms with Crippen LogP contribution in [0.15, 0.2) is 0 Å². The minimum Gasteiger partial charge on any atom is -0.444 e. The number of aromatic amines is 1. The van der Waals surface area contributed by atoms with Crippen LogP contribution < -0.4 is 4.18 Å². The first-order valence-electron chi connectivity index (χ1n) is 7.35. The number of aromatic nitrogens is 2. The Hall–Kier alpha value is -1.98. The zero-order valence-electron chi connectivity index (χ0n) is 13.8. The fourth-order valence-corrected chi connectivity index (χ4v) is 2.63. The molecule has 2 heterocycles. The summed E-state index contributed by atoms with van der Waals surface area (Å²) < 4.78 is 69.0. The van der Waals surface area contributed by atoms with Crippen LogP contribution in [0.2, 0.25) is 0 Å². The number of fused-ring (bicyclic) bond motifs is 1. The summed E-state index contributed by atoms with van der Waals surface area (Å²) in [4.78, 5) is 13.5. The number of carbonyl (C=O) groups excluding carboxylic acids is 1. The minimum absolute atomic E-state index is 0.00727. The maximum Gasteiger partial charge on any atom is 0.534 e. The predicted octanol–water partition coefficient (Wildman–Crippen LogP) is 2.32. The van der Waals surface area contributed by atoms with Crippen molar-refractivity contribution >= 4 is 16.2 Å². The smallest absolute Gasteiger partial charge is 0.444 e. The van der Waals surface area contributed by atoms with Crippen LogP contribution in [-0.2, 0) is 27.8 Å². The minimum atomic E-state index is -5.81. The lowest BCUT2D eigenvalue weighted by atomic mass is 10.1. The van der Waals surface area contributed by atoms with Crippen molar-refractivity contribution in [3.63, 3.8) is 0 Å². The molecule has 0 spiro atoms. The number of nitrogens with one attached hydrogen (secondary N) is 1. The molecule has 25 heavy (non-hydrogen) atoms. The van der Waals surface area contributed by atoms with E-state index in [1.54, 1.807) is 20.8 Å². The molecule has 2 rings (SSSR count). The highest BCUT2D eigenvalue weighted by Crippen LogP contribution is 2.31. The summed E-state index contributed by atoms with van der Waals surface area (Å²) in [6, 6.07) is 0. The van der Waals surface area contributed by atoms with Gasteiger partial charge in [-0.3, -0.25) is 5.10 Å². The molecule has 0 saturated heterocycles. The molecule has 1 aromatic rings. The van der Waals surface area contributed by atoms with Crippen LogP contribution in [0.1, 0.15) is 38.4 Å². The molecule has 0 bridgehead atoms. The second-order valence-corrected chi connectivity index (χ2v) is 8.01. The van der Waals surface area contributed by atoms with Gasteiger partial charge in [-0.05, 0) is 33.6 Å². The van der Waals surface area contributed by atoms with Crippen molar-refractivity contribution in [3.05, 3.63) is 11.3 Å². The molecule has 1 N–H and O–H groups in total. The molecule has 1 aromatic heterocycles. The maximum atomic E-state index is 12.4. The molecule has 1 aliphatic heterocycles. The standard InChI is InChI=1S/C13H18F3N3O5S/c1-12(2,3)23-11(20)19-6-4-5-8-9(7-19)17-18-10(8)24-25(21,22)13(14,15)16/h4-7H2,1-3H3,(H,17,18). The second-order valence-electron chi connectivity index (χ2n) is 6.47. The quantitative estimate of drug-likeness (QED) is 0.619. The van der Waals surface area contributed by atoms with Gasteiger partial charge in [0.25, 0.3) is 5.88 Å². The van der Waals surface area contributed by atoms with Crippen molar-refractivity contribution in [3.8, 4) is 5.88 Å². The lowest BCUT2D eigenvalue weighted by molar-refractivity contribution is -0.0501. The number of rotatable bonds is 2. The van der Waals surface area contributed by atoms with Gasteiger partial charge < -0.3 is 13.8 Å². The van der Waals surface area contributed by atoms with Gasteiger partial charge in [0.05, 0.1) is 12.2 Å².